The minimum atomic E-state index is -0.981. The molecule has 6 nitrogen and oxygen atoms in total. The van der Waals surface area contributed by atoms with E-state index in [1.165, 1.54) is 0 Å². The van der Waals surface area contributed by atoms with E-state index in [1.54, 1.807) is 0 Å². The number of amides is 3. The van der Waals surface area contributed by atoms with E-state index in [9.17, 15) is 9.59 Å². The van der Waals surface area contributed by atoms with Crippen LogP contribution in [0.4, 0.5) is 4.79 Å². The second-order valence-electron chi connectivity index (χ2n) is 8.22. The number of nitrogens with two attached hydrogens (primary N) is 1. The summed E-state index contributed by atoms with van der Waals surface area (Å²) in [4.78, 5) is 29.8. The number of likely N-dealkylation sites (N-methyl/N-ethyl adjacent to an activating group) is 1. The molecule has 6 heteroatoms. The van der Waals surface area contributed by atoms with E-state index in [1.807, 2.05) is 84.6 Å². The Bertz CT molecular complexity index is 799. The lowest BCUT2D eigenvalue weighted by atomic mass is 9.63. The predicted octanol–water partition coefficient (Wildman–Crippen LogP) is 2.44. The molecule has 2 aromatic rings. The number of carbonyl (C=O) groups is 2. The van der Waals surface area contributed by atoms with E-state index < -0.39 is 5.41 Å². The lowest BCUT2D eigenvalue weighted by Crippen LogP contribution is -2.56. The number of nitrogens with one attached hydrogen (secondary N) is 1. The largest absolute Gasteiger partial charge is 0.369 e. The third kappa shape index (κ3) is 4.49. The van der Waals surface area contributed by atoms with Crippen LogP contribution in [0.25, 0.3) is 0 Å². The molecule has 1 saturated heterocycles. The molecule has 3 amide bonds. The van der Waals surface area contributed by atoms with Crippen LogP contribution >= 0.6 is 0 Å². The molecule has 1 atom stereocenters. The SMILES string of the molecule is CN(C)CCNC(=O)N1CCCC(C(C(N)=O)(c2ccccc2)c2ccccc2)C1. The number of rotatable bonds is 7. The summed E-state index contributed by atoms with van der Waals surface area (Å²) in [5.41, 5.74) is 6.91. The van der Waals surface area contributed by atoms with Crippen molar-refractivity contribution < 1.29 is 9.59 Å². The fourth-order valence-corrected chi connectivity index (χ4v) is 4.54. The van der Waals surface area contributed by atoms with Gasteiger partial charge in [-0.2, -0.15) is 0 Å². The third-order valence-corrected chi connectivity index (χ3v) is 6.00. The fraction of sp³-hybridized carbons (Fsp3) is 0.417. The standard InChI is InChI=1S/C24H32N4O2/c1-27(2)17-15-26-23(30)28-16-9-14-21(18-28)24(22(25)29,19-10-5-3-6-11-19)20-12-7-4-8-13-20/h3-8,10-13,21H,9,14-18H2,1-2H3,(H2,25,29)(H,26,30). The molecule has 1 heterocycles. The van der Waals surface area contributed by atoms with Crippen LogP contribution in [0, 0.1) is 5.92 Å². The monoisotopic (exact) mass is 408 g/mol. The van der Waals surface area contributed by atoms with E-state index in [-0.39, 0.29) is 17.9 Å². The van der Waals surface area contributed by atoms with Crippen LogP contribution in [-0.2, 0) is 10.2 Å². The van der Waals surface area contributed by atoms with E-state index in [4.69, 9.17) is 5.73 Å². The van der Waals surface area contributed by atoms with E-state index in [2.05, 4.69) is 5.32 Å². The van der Waals surface area contributed by atoms with Gasteiger partial charge in [0.05, 0.1) is 0 Å². The fourth-order valence-electron chi connectivity index (χ4n) is 4.54. The first kappa shape index (κ1) is 21.8. The zero-order chi connectivity index (χ0) is 21.6. The maximum absolute atomic E-state index is 13.1. The minimum absolute atomic E-state index is 0.0824. The molecule has 2 aromatic carbocycles. The number of piperidine rings is 1. The number of hydrogen-bond donors (Lipinski definition) is 2. The van der Waals surface area contributed by atoms with Gasteiger partial charge in [0.1, 0.15) is 5.41 Å². The molecule has 1 fully saturated rings. The van der Waals surface area contributed by atoms with Gasteiger partial charge < -0.3 is 20.9 Å². The number of nitrogens with zero attached hydrogens (tertiary/aromatic N) is 2. The van der Waals surface area contributed by atoms with Gasteiger partial charge in [0.15, 0.2) is 0 Å². The van der Waals surface area contributed by atoms with Crippen molar-refractivity contribution in [2.45, 2.75) is 18.3 Å². The van der Waals surface area contributed by atoms with E-state index in [0.717, 1.165) is 30.5 Å². The molecule has 1 aliphatic heterocycles. The first-order valence-corrected chi connectivity index (χ1v) is 10.5. The van der Waals surface area contributed by atoms with Crippen molar-refractivity contribution in [3.63, 3.8) is 0 Å². The van der Waals surface area contributed by atoms with Crippen molar-refractivity contribution in [2.24, 2.45) is 11.7 Å². The first-order valence-electron chi connectivity index (χ1n) is 10.5. The summed E-state index contributed by atoms with van der Waals surface area (Å²) in [6.07, 6.45) is 1.66. The summed E-state index contributed by atoms with van der Waals surface area (Å²) in [6.45, 7) is 2.54. The van der Waals surface area contributed by atoms with Crippen LogP contribution in [0.3, 0.4) is 0 Å². The van der Waals surface area contributed by atoms with Crippen LogP contribution in [-0.4, -0.2) is 62.0 Å². The van der Waals surface area contributed by atoms with Crippen LogP contribution in [0.1, 0.15) is 24.0 Å². The van der Waals surface area contributed by atoms with Gasteiger partial charge in [-0.25, -0.2) is 4.79 Å². The number of carbonyl (C=O) groups excluding carboxylic acids is 2. The van der Waals surface area contributed by atoms with Gasteiger partial charge in [0.2, 0.25) is 5.91 Å². The molecule has 0 bridgehead atoms. The molecule has 1 unspecified atom stereocenters. The number of urea groups is 1. The zero-order valence-corrected chi connectivity index (χ0v) is 17.9. The quantitative estimate of drug-likeness (QED) is 0.739. The zero-order valence-electron chi connectivity index (χ0n) is 17.9. The molecule has 0 radical (unpaired) electrons. The van der Waals surface area contributed by atoms with Gasteiger partial charge in [0.25, 0.3) is 0 Å². The topological polar surface area (TPSA) is 78.7 Å². The number of primary amides is 1. The molecule has 0 aliphatic carbocycles. The van der Waals surface area contributed by atoms with Crippen LogP contribution in [0.2, 0.25) is 0 Å². The highest BCUT2D eigenvalue weighted by molar-refractivity contribution is 5.91. The van der Waals surface area contributed by atoms with Crippen molar-refractivity contribution in [1.29, 1.82) is 0 Å². The summed E-state index contributed by atoms with van der Waals surface area (Å²) in [6, 6.07) is 19.4. The molecule has 160 valence electrons. The van der Waals surface area contributed by atoms with E-state index in [0.29, 0.717) is 19.6 Å². The molecule has 30 heavy (non-hydrogen) atoms. The lowest BCUT2D eigenvalue weighted by Gasteiger charge is -2.44. The second-order valence-corrected chi connectivity index (χ2v) is 8.22. The first-order chi connectivity index (χ1) is 14.5. The normalized spacial score (nSPS) is 17.0. The maximum atomic E-state index is 13.1. The Kier molecular flexibility index (Phi) is 7.11. The highest BCUT2D eigenvalue weighted by atomic mass is 16.2. The van der Waals surface area contributed by atoms with Crippen molar-refractivity contribution in [1.82, 2.24) is 15.1 Å². The Balaban J connectivity index is 1.94. The van der Waals surface area contributed by atoms with Crippen LogP contribution in [0.15, 0.2) is 60.7 Å². The number of hydrogen-bond acceptors (Lipinski definition) is 3. The van der Waals surface area contributed by atoms with Crippen molar-refractivity contribution in [3.8, 4) is 0 Å². The molecule has 3 rings (SSSR count). The molecule has 0 aromatic heterocycles. The molecule has 3 N–H and O–H groups in total. The highest BCUT2D eigenvalue weighted by Gasteiger charge is 2.49. The summed E-state index contributed by atoms with van der Waals surface area (Å²) >= 11 is 0. The molecule has 0 spiro atoms. The summed E-state index contributed by atoms with van der Waals surface area (Å²) in [7, 11) is 3.95. The Labute approximate surface area is 179 Å². The molecule has 1 aliphatic rings. The smallest absolute Gasteiger partial charge is 0.317 e. The highest BCUT2D eigenvalue weighted by Crippen LogP contribution is 2.43. The van der Waals surface area contributed by atoms with Gasteiger partial charge in [-0.1, -0.05) is 60.7 Å². The average molecular weight is 409 g/mol. The molecular formula is C24H32N4O2. The van der Waals surface area contributed by atoms with Crippen molar-refractivity contribution >= 4 is 11.9 Å². The predicted molar refractivity (Wildman–Crippen MR) is 119 cm³/mol. The molecular weight excluding hydrogens is 376 g/mol. The lowest BCUT2D eigenvalue weighted by molar-refractivity contribution is -0.124. The van der Waals surface area contributed by atoms with Gasteiger partial charge in [0, 0.05) is 26.2 Å². The van der Waals surface area contributed by atoms with Gasteiger partial charge >= 0.3 is 6.03 Å². The number of likely N-dealkylation sites (tertiary alicyclic amines) is 1. The third-order valence-electron chi connectivity index (χ3n) is 6.00. The van der Waals surface area contributed by atoms with Crippen LogP contribution < -0.4 is 11.1 Å². The van der Waals surface area contributed by atoms with Gasteiger partial charge in [-0.3, -0.25) is 4.79 Å². The second kappa shape index (κ2) is 9.76. The van der Waals surface area contributed by atoms with Crippen molar-refractivity contribution in [3.05, 3.63) is 71.8 Å². The summed E-state index contributed by atoms with van der Waals surface area (Å²) in [5.74, 6) is -0.479. The van der Waals surface area contributed by atoms with Crippen molar-refractivity contribution in [2.75, 3.05) is 40.3 Å². The van der Waals surface area contributed by atoms with Gasteiger partial charge in [-0.15, -0.1) is 0 Å². The summed E-state index contributed by atoms with van der Waals surface area (Å²) < 4.78 is 0. The number of benzene rings is 2. The average Bonchev–Trinajstić information content (AvgIpc) is 2.75. The molecule has 0 saturated carbocycles. The maximum Gasteiger partial charge on any atom is 0.317 e. The minimum Gasteiger partial charge on any atom is -0.369 e. The summed E-state index contributed by atoms with van der Waals surface area (Å²) in [5, 5.41) is 2.99. The Morgan fingerprint density at radius 2 is 1.63 bits per heavy atom. The van der Waals surface area contributed by atoms with E-state index >= 15 is 0 Å². The Morgan fingerprint density at radius 1 is 1.07 bits per heavy atom. The Morgan fingerprint density at radius 3 is 2.13 bits per heavy atom. The Hall–Kier alpha value is -2.86. The van der Waals surface area contributed by atoms with Gasteiger partial charge in [-0.05, 0) is 44.0 Å². The van der Waals surface area contributed by atoms with Crippen LogP contribution in [0.5, 0.6) is 0 Å².